The first-order valence-corrected chi connectivity index (χ1v) is 6.42. The molecular formula is C16H12ClNO. The molecule has 0 aliphatic rings. The van der Waals surface area contributed by atoms with Crippen molar-refractivity contribution in [1.82, 2.24) is 4.57 Å². The van der Waals surface area contributed by atoms with Crippen LogP contribution in [0.3, 0.4) is 0 Å². The van der Waals surface area contributed by atoms with E-state index in [0.29, 0.717) is 5.56 Å². The molecule has 94 valence electrons. The fraction of sp³-hybridized carbons (Fsp3) is 0.0625. The summed E-state index contributed by atoms with van der Waals surface area (Å²) in [6.45, 7) is 0.767. The van der Waals surface area contributed by atoms with Crippen molar-refractivity contribution in [2.24, 2.45) is 0 Å². The molecule has 0 bridgehead atoms. The SMILES string of the molecule is O=Cc1ccc2ccn(Cc3ccc(Cl)cc3)c2c1. The number of halogens is 1. The Bertz CT molecular complexity index is 728. The lowest BCUT2D eigenvalue weighted by Gasteiger charge is -2.06. The molecule has 1 aromatic heterocycles. The number of aldehydes is 1. The molecule has 0 saturated carbocycles. The molecule has 0 amide bonds. The molecule has 19 heavy (non-hydrogen) atoms. The molecule has 0 aliphatic heterocycles. The third-order valence-electron chi connectivity index (χ3n) is 3.20. The largest absolute Gasteiger partial charge is 0.343 e. The number of aromatic nitrogens is 1. The molecule has 3 heteroatoms. The first kappa shape index (κ1) is 12.0. The van der Waals surface area contributed by atoms with E-state index in [1.165, 1.54) is 5.56 Å². The van der Waals surface area contributed by atoms with Crippen LogP contribution in [-0.4, -0.2) is 10.9 Å². The zero-order chi connectivity index (χ0) is 13.2. The quantitative estimate of drug-likeness (QED) is 0.655. The first-order chi connectivity index (χ1) is 9.26. The van der Waals surface area contributed by atoms with Gasteiger partial charge in [-0.1, -0.05) is 35.9 Å². The lowest BCUT2D eigenvalue weighted by molar-refractivity contribution is 0.112. The second-order valence-corrected chi connectivity index (χ2v) is 4.94. The van der Waals surface area contributed by atoms with Crippen LogP contribution < -0.4 is 0 Å². The van der Waals surface area contributed by atoms with Gasteiger partial charge < -0.3 is 4.57 Å². The second-order valence-electron chi connectivity index (χ2n) is 4.51. The summed E-state index contributed by atoms with van der Waals surface area (Å²) < 4.78 is 2.13. The average Bonchev–Trinajstić information content (AvgIpc) is 2.84. The second kappa shape index (κ2) is 4.90. The molecule has 0 atom stereocenters. The third kappa shape index (κ3) is 2.40. The maximum atomic E-state index is 10.9. The summed E-state index contributed by atoms with van der Waals surface area (Å²) in [6.07, 6.45) is 2.91. The van der Waals surface area contributed by atoms with Crippen molar-refractivity contribution in [3.8, 4) is 0 Å². The number of fused-ring (bicyclic) bond motifs is 1. The zero-order valence-electron chi connectivity index (χ0n) is 10.2. The minimum Gasteiger partial charge on any atom is -0.343 e. The van der Waals surface area contributed by atoms with Crippen LogP contribution in [-0.2, 0) is 6.54 Å². The van der Waals surface area contributed by atoms with Gasteiger partial charge >= 0.3 is 0 Å². The van der Waals surface area contributed by atoms with Crippen molar-refractivity contribution in [3.05, 3.63) is 70.9 Å². The number of hydrogen-bond acceptors (Lipinski definition) is 1. The minimum absolute atomic E-state index is 0.698. The predicted molar refractivity (Wildman–Crippen MR) is 77.9 cm³/mol. The monoisotopic (exact) mass is 269 g/mol. The first-order valence-electron chi connectivity index (χ1n) is 6.05. The fourth-order valence-electron chi connectivity index (χ4n) is 2.20. The Morgan fingerprint density at radius 2 is 1.84 bits per heavy atom. The van der Waals surface area contributed by atoms with Crippen LogP contribution in [0.2, 0.25) is 5.02 Å². The highest BCUT2D eigenvalue weighted by molar-refractivity contribution is 6.30. The average molecular weight is 270 g/mol. The topological polar surface area (TPSA) is 22.0 Å². The molecule has 0 fully saturated rings. The lowest BCUT2D eigenvalue weighted by atomic mass is 10.2. The molecule has 3 aromatic rings. The number of carbonyl (C=O) groups is 1. The maximum Gasteiger partial charge on any atom is 0.150 e. The van der Waals surface area contributed by atoms with Crippen LogP contribution >= 0.6 is 11.6 Å². The van der Waals surface area contributed by atoms with Crippen LogP contribution in [0.1, 0.15) is 15.9 Å². The van der Waals surface area contributed by atoms with Crippen molar-refractivity contribution < 1.29 is 4.79 Å². The van der Waals surface area contributed by atoms with Gasteiger partial charge in [0.2, 0.25) is 0 Å². The van der Waals surface area contributed by atoms with Gasteiger partial charge in [0.1, 0.15) is 6.29 Å². The van der Waals surface area contributed by atoms with Gasteiger partial charge in [0.15, 0.2) is 0 Å². The number of hydrogen-bond donors (Lipinski definition) is 0. The van der Waals surface area contributed by atoms with Crippen LogP contribution in [0.15, 0.2) is 54.7 Å². The molecule has 0 radical (unpaired) electrons. The van der Waals surface area contributed by atoms with E-state index in [1.807, 2.05) is 48.7 Å². The fourth-order valence-corrected chi connectivity index (χ4v) is 2.32. The van der Waals surface area contributed by atoms with Gasteiger partial charge in [-0.15, -0.1) is 0 Å². The van der Waals surface area contributed by atoms with Crippen LogP contribution in [0.4, 0.5) is 0 Å². The van der Waals surface area contributed by atoms with E-state index < -0.39 is 0 Å². The Hall–Kier alpha value is -2.06. The Morgan fingerprint density at radius 3 is 2.58 bits per heavy atom. The van der Waals surface area contributed by atoms with E-state index in [9.17, 15) is 4.79 Å². The third-order valence-corrected chi connectivity index (χ3v) is 3.45. The Kier molecular flexibility index (Phi) is 3.10. The van der Waals surface area contributed by atoms with Crippen LogP contribution in [0.25, 0.3) is 10.9 Å². The maximum absolute atomic E-state index is 10.9. The molecule has 2 nitrogen and oxygen atoms in total. The highest BCUT2D eigenvalue weighted by atomic mass is 35.5. The Labute approximate surface area is 116 Å². The Morgan fingerprint density at radius 1 is 1.05 bits per heavy atom. The summed E-state index contributed by atoms with van der Waals surface area (Å²) >= 11 is 5.88. The van der Waals surface area contributed by atoms with Gasteiger partial charge in [-0.3, -0.25) is 4.79 Å². The number of rotatable bonds is 3. The van der Waals surface area contributed by atoms with E-state index in [1.54, 1.807) is 0 Å². The van der Waals surface area contributed by atoms with Gasteiger partial charge in [0, 0.05) is 28.8 Å². The van der Waals surface area contributed by atoms with Crippen molar-refractivity contribution in [2.45, 2.75) is 6.54 Å². The normalized spacial score (nSPS) is 10.8. The summed E-state index contributed by atoms with van der Waals surface area (Å²) in [5.41, 5.74) is 2.95. The summed E-state index contributed by atoms with van der Waals surface area (Å²) in [6, 6.07) is 15.6. The van der Waals surface area contributed by atoms with Crippen LogP contribution in [0, 0.1) is 0 Å². The van der Waals surface area contributed by atoms with Gasteiger partial charge in [-0.25, -0.2) is 0 Å². The standard InChI is InChI=1S/C16H12ClNO/c17-15-5-2-12(3-6-15)10-18-8-7-14-4-1-13(11-19)9-16(14)18/h1-9,11H,10H2. The molecule has 0 spiro atoms. The van der Waals surface area contributed by atoms with E-state index in [-0.39, 0.29) is 0 Å². The number of benzene rings is 2. The van der Waals surface area contributed by atoms with Crippen molar-refractivity contribution >= 4 is 28.8 Å². The Balaban J connectivity index is 2.00. The highest BCUT2D eigenvalue weighted by Gasteiger charge is 2.03. The van der Waals surface area contributed by atoms with Gasteiger partial charge in [0.25, 0.3) is 0 Å². The lowest BCUT2D eigenvalue weighted by Crippen LogP contribution is -1.97. The smallest absolute Gasteiger partial charge is 0.150 e. The van der Waals surface area contributed by atoms with Gasteiger partial charge in [-0.2, -0.15) is 0 Å². The van der Waals surface area contributed by atoms with Crippen molar-refractivity contribution in [1.29, 1.82) is 0 Å². The highest BCUT2D eigenvalue weighted by Crippen LogP contribution is 2.19. The molecule has 0 N–H and O–H groups in total. The van der Waals surface area contributed by atoms with Crippen LogP contribution in [0.5, 0.6) is 0 Å². The summed E-state index contributed by atoms with van der Waals surface area (Å²) in [4.78, 5) is 10.9. The van der Waals surface area contributed by atoms with E-state index >= 15 is 0 Å². The van der Waals surface area contributed by atoms with Gasteiger partial charge in [-0.05, 0) is 35.2 Å². The minimum atomic E-state index is 0.698. The zero-order valence-corrected chi connectivity index (χ0v) is 11.0. The molecule has 0 unspecified atom stereocenters. The molecule has 2 aromatic carbocycles. The van der Waals surface area contributed by atoms with Crippen molar-refractivity contribution in [2.75, 3.05) is 0 Å². The molecule has 0 saturated heterocycles. The summed E-state index contributed by atoms with van der Waals surface area (Å²) in [5.74, 6) is 0. The molecular weight excluding hydrogens is 258 g/mol. The molecule has 0 aliphatic carbocycles. The van der Waals surface area contributed by atoms with E-state index in [4.69, 9.17) is 11.6 Å². The van der Waals surface area contributed by atoms with E-state index in [0.717, 1.165) is 28.8 Å². The van der Waals surface area contributed by atoms with E-state index in [2.05, 4.69) is 10.6 Å². The predicted octanol–water partition coefficient (Wildman–Crippen LogP) is 4.16. The molecule has 3 rings (SSSR count). The van der Waals surface area contributed by atoms with Gasteiger partial charge in [0.05, 0.1) is 0 Å². The van der Waals surface area contributed by atoms with Crippen molar-refractivity contribution in [3.63, 3.8) is 0 Å². The number of nitrogens with zero attached hydrogens (tertiary/aromatic N) is 1. The summed E-state index contributed by atoms with van der Waals surface area (Å²) in [7, 11) is 0. The summed E-state index contributed by atoms with van der Waals surface area (Å²) in [5, 5.41) is 1.88. The number of carbonyl (C=O) groups excluding carboxylic acids is 1. The molecule has 1 heterocycles.